The summed E-state index contributed by atoms with van der Waals surface area (Å²) in [7, 11) is 1.28. The lowest BCUT2D eigenvalue weighted by molar-refractivity contribution is -0.136. The molecular formula is C11H8F3NO2. The van der Waals surface area contributed by atoms with Crippen LogP contribution in [-0.2, 0) is 6.18 Å². The largest absolute Gasteiger partial charge is 0.482 e. The number of carbonyl (C=O) groups excluding carboxylic acids is 1. The van der Waals surface area contributed by atoms with Crippen LogP contribution in [0, 0.1) is 0 Å². The molecule has 0 aliphatic rings. The summed E-state index contributed by atoms with van der Waals surface area (Å²) in [5, 5.41) is 0.201. The maximum absolute atomic E-state index is 12.7. The number of nitrogens with one attached hydrogen (secondary N) is 1. The van der Waals surface area contributed by atoms with E-state index in [2.05, 4.69) is 4.98 Å². The fourth-order valence-corrected chi connectivity index (χ4v) is 1.73. The second-order valence-corrected chi connectivity index (χ2v) is 3.42. The minimum absolute atomic E-state index is 0.0340. The van der Waals surface area contributed by atoms with Crippen LogP contribution >= 0.6 is 0 Å². The standard InChI is InChI=1S/C11H8F3NO2/c1-17-10-7(5-16)6-3-2-4-8(9(6)15-10)11(12,13)14/h2-5,15H,1H3. The number of ether oxygens (including phenoxy) is 1. The highest BCUT2D eigenvalue weighted by Crippen LogP contribution is 2.37. The molecule has 2 rings (SSSR count). The molecule has 0 saturated heterocycles. The minimum Gasteiger partial charge on any atom is -0.482 e. The maximum Gasteiger partial charge on any atom is 0.418 e. The molecule has 0 aliphatic heterocycles. The molecule has 0 aliphatic carbocycles. The van der Waals surface area contributed by atoms with Crippen molar-refractivity contribution in [3.05, 3.63) is 29.3 Å². The topological polar surface area (TPSA) is 42.1 Å². The van der Waals surface area contributed by atoms with Gasteiger partial charge in [0.25, 0.3) is 0 Å². The lowest BCUT2D eigenvalue weighted by Crippen LogP contribution is -2.05. The number of aromatic nitrogens is 1. The lowest BCUT2D eigenvalue weighted by atomic mass is 10.1. The van der Waals surface area contributed by atoms with E-state index < -0.39 is 11.7 Å². The van der Waals surface area contributed by atoms with Gasteiger partial charge in [-0.05, 0) is 6.07 Å². The summed E-state index contributed by atoms with van der Waals surface area (Å²) in [6, 6.07) is 3.64. The molecule has 1 N–H and O–H groups in total. The van der Waals surface area contributed by atoms with Crippen LogP contribution in [0.1, 0.15) is 15.9 Å². The second kappa shape index (κ2) is 3.80. The van der Waals surface area contributed by atoms with Crippen LogP contribution in [-0.4, -0.2) is 18.4 Å². The van der Waals surface area contributed by atoms with Gasteiger partial charge in [0.1, 0.15) is 0 Å². The molecule has 2 aromatic rings. The van der Waals surface area contributed by atoms with Crippen LogP contribution in [0.2, 0.25) is 0 Å². The van der Waals surface area contributed by atoms with Gasteiger partial charge < -0.3 is 9.72 Å². The molecule has 0 radical (unpaired) electrons. The van der Waals surface area contributed by atoms with E-state index in [1.807, 2.05) is 0 Å². The van der Waals surface area contributed by atoms with Gasteiger partial charge in [-0.25, -0.2) is 0 Å². The normalized spacial score (nSPS) is 11.8. The molecule has 17 heavy (non-hydrogen) atoms. The first kappa shape index (κ1) is 11.5. The molecule has 0 unspecified atom stereocenters. The Morgan fingerprint density at radius 3 is 2.59 bits per heavy atom. The van der Waals surface area contributed by atoms with Crippen molar-refractivity contribution in [2.24, 2.45) is 0 Å². The fraction of sp³-hybridized carbons (Fsp3) is 0.182. The number of para-hydroxylation sites is 1. The second-order valence-electron chi connectivity index (χ2n) is 3.42. The SMILES string of the molecule is COc1[nH]c2c(C(F)(F)F)cccc2c1C=O. The van der Waals surface area contributed by atoms with Crippen molar-refractivity contribution < 1.29 is 22.7 Å². The van der Waals surface area contributed by atoms with E-state index in [1.54, 1.807) is 0 Å². The van der Waals surface area contributed by atoms with Gasteiger partial charge in [-0.3, -0.25) is 4.79 Å². The van der Waals surface area contributed by atoms with Crippen molar-refractivity contribution in [2.75, 3.05) is 7.11 Å². The van der Waals surface area contributed by atoms with Gasteiger partial charge >= 0.3 is 6.18 Å². The summed E-state index contributed by atoms with van der Waals surface area (Å²) in [6.45, 7) is 0. The van der Waals surface area contributed by atoms with Crippen LogP contribution in [0.3, 0.4) is 0 Å². The minimum atomic E-state index is -4.48. The Bertz CT molecular complexity index is 572. The average molecular weight is 243 g/mol. The van der Waals surface area contributed by atoms with Crippen LogP contribution in [0.5, 0.6) is 5.88 Å². The zero-order valence-electron chi connectivity index (χ0n) is 8.76. The molecule has 90 valence electrons. The number of alkyl halides is 3. The Labute approximate surface area is 94.2 Å². The van der Waals surface area contributed by atoms with Crippen molar-refractivity contribution in [1.82, 2.24) is 4.98 Å². The Hall–Kier alpha value is -1.98. The molecule has 6 heteroatoms. The quantitative estimate of drug-likeness (QED) is 0.824. The summed E-state index contributed by atoms with van der Waals surface area (Å²) < 4.78 is 43.0. The van der Waals surface area contributed by atoms with E-state index in [1.165, 1.54) is 19.2 Å². The summed E-state index contributed by atoms with van der Waals surface area (Å²) in [5.74, 6) is 0.0340. The fourth-order valence-electron chi connectivity index (χ4n) is 1.73. The number of aromatic amines is 1. The highest BCUT2D eigenvalue weighted by molar-refractivity contribution is 6.01. The van der Waals surface area contributed by atoms with Gasteiger partial charge in [-0.15, -0.1) is 0 Å². The summed E-state index contributed by atoms with van der Waals surface area (Å²) in [4.78, 5) is 13.3. The molecular weight excluding hydrogens is 235 g/mol. The van der Waals surface area contributed by atoms with Gasteiger partial charge in [0.2, 0.25) is 5.88 Å². The average Bonchev–Trinajstić information content (AvgIpc) is 2.64. The number of aldehydes is 1. The van der Waals surface area contributed by atoms with E-state index in [9.17, 15) is 18.0 Å². The number of rotatable bonds is 2. The number of fused-ring (bicyclic) bond motifs is 1. The summed E-state index contributed by atoms with van der Waals surface area (Å²) in [5.41, 5.74) is -0.867. The number of hydrogen-bond acceptors (Lipinski definition) is 2. The first-order chi connectivity index (χ1) is 7.99. The number of halogens is 3. The number of hydrogen-bond donors (Lipinski definition) is 1. The van der Waals surface area contributed by atoms with E-state index in [4.69, 9.17) is 4.74 Å². The Balaban J connectivity index is 2.83. The first-order valence-corrected chi connectivity index (χ1v) is 4.70. The van der Waals surface area contributed by atoms with E-state index >= 15 is 0 Å². The molecule has 0 atom stereocenters. The van der Waals surface area contributed by atoms with Gasteiger partial charge in [0, 0.05) is 5.39 Å². The van der Waals surface area contributed by atoms with E-state index in [0.717, 1.165) is 6.07 Å². The Kier molecular flexibility index (Phi) is 2.57. The van der Waals surface area contributed by atoms with Gasteiger partial charge in [0.15, 0.2) is 6.29 Å². The zero-order chi connectivity index (χ0) is 12.6. The molecule has 0 spiro atoms. The zero-order valence-corrected chi connectivity index (χ0v) is 8.76. The summed E-state index contributed by atoms with van der Waals surface area (Å²) >= 11 is 0. The number of carbonyl (C=O) groups is 1. The van der Waals surface area contributed by atoms with Crippen LogP contribution < -0.4 is 4.74 Å². The van der Waals surface area contributed by atoms with Crippen LogP contribution in [0.15, 0.2) is 18.2 Å². The van der Waals surface area contributed by atoms with Crippen molar-refractivity contribution in [3.8, 4) is 5.88 Å². The maximum atomic E-state index is 12.7. The van der Waals surface area contributed by atoms with Crippen molar-refractivity contribution in [2.45, 2.75) is 6.18 Å². The number of methoxy groups -OCH3 is 1. The molecule has 0 amide bonds. The Morgan fingerprint density at radius 2 is 2.06 bits per heavy atom. The lowest BCUT2D eigenvalue weighted by Gasteiger charge is -2.07. The van der Waals surface area contributed by atoms with Crippen molar-refractivity contribution in [3.63, 3.8) is 0 Å². The third kappa shape index (κ3) is 1.75. The highest BCUT2D eigenvalue weighted by Gasteiger charge is 2.33. The van der Waals surface area contributed by atoms with Gasteiger partial charge in [0.05, 0.1) is 23.8 Å². The van der Waals surface area contributed by atoms with Gasteiger partial charge in [-0.1, -0.05) is 12.1 Å². The van der Waals surface area contributed by atoms with Crippen molar-refractivity contribution >= 4 is 17.2 Å². The smallest absolute Gasteiger partial charge is 0.418 e. The molecule has 3 nitrogen and oxygen atoms in total. The Morgan fingerprint density at radius 1 is 1.35 bits per heavy atom. The third-order valence-electron chi connectivity index (χ3n) is 2.47. The molecule has 0 saturated carbocycles. The van der Waals surface area contributed by atoms with Crippen LogP contribution in [0.4, 0.5) is 13.2 Å². The first-order valence-electron chi connectivity index (χ1n) is 4.70. The monoisotopic (exact) mass is 243 g/mol. The van der Waals surface area contributed by atoms with Gasteiger partial charge in [-0.2, -0.15) is 13.2 Å². The summed E-state index contributed by atoms with van der Waals surface area (Å²) in [6.07, 6.45) is -4.01. The predicted octanol–water partition coefficient (Wildman–Crippen LogP) is 3.01. The number of H-pyrrole nitrogens is 1. The molecule has 1 heterocycles. The molecule has 0 bridgehead atoms. The van der Waals surface area contributed by atoms with E-state index in [0.29, 0.717) is 6.29 Å². The molecule has 1 aromatic carbocycles. The third-order valence-corrected chi connectivity index (χ3v) is 2.47. The molecule has 1 aromatic heterocycles. The molecule has 0 fully saturated rings. The van der Waals surface area contributed by atoms with Crippen LogP contribution in [0.25, 0.3) is 10.9 Å². The highest BCUT2D eigenvalue weighted by atomic mass is 19.4. The van der Waals surface area contributed by atoms with E-state index in [-0.39, 0.29) is 22.3 Å². The number of benzene rings is 1. The predicted molar refractivity (Wildman–Crippen MR) is 55.2 cm³/mol. The van der Waals surface area contributed by atoms with Crippen molar-refractivity contribution in [1.29, 1.82) is 0 Å².